The van der Waals surface area contributed by atoms with Gasteiger partial charge in [-0.3, -0.25) is 0 Å². The molecule has 1 aromatic carbocycles. The van der Waals surface area contributed by atoms with Gasteiger partial charge in [0.05, 0.1) is 5.56 Å². The van der Waals surface area contributed by atoms with E-state index in [2.05, 4.69) is 12.6 Å². The van der Waals surface area contributed by atoms with Crippen molar-refractivity contribution < 1.29 is 14.3 Å². The molecule has 0 unspecified atom stereocenters. The number of hydrogen-bond acceptors (Lipinski definition) is 3. The molecule has 0 amide bonds. The van der Waals surface area contributed by atoms with Gasteiger partial charge in [0.15, 0.2) is 0 Å². The zero-order chi connectivity index (χ0) is 10.3. The number of rotatable bonds is 1. The maximum Gasteiger partial charge on any atom is 0.336 e. The van der Waals surface area contributed by atoms with Gasteiger partial charge >= 0.3 is 5.97 Å². The Hall–Kier alpha value is -1.07. The standard InChI is InChI=1S/C9H5FO2S2/c10-6-3-14-8-2-5(9(11)12)7(13)1-4(6)8/h1-3,13H,(H,11,12). The van der Waals surface area contributed by atoms with Crippen molar-refractivity contribution in [3.63, 3.8) is 0 Å². The SMILES string of the molecule is O=C(O)c1cc2scc(F)c2cc1S. The number of aromatic carboxylic acids is 1. The van der Waals surface area contributed by atoms with E-state index in [0.29, 0.717) is 10.1 Å². The van der Waals surface area contributed by atoms with Crippen molar-refractivity contribution in [1.29, 1.82) is 0 Å². The van der Waals surface area contributed by atoms with Gasteiger partial charge in [-0.1, -0.05) is 0 Å². The van der Waals surface area contributed by atoms with Crippen LogP contribution >= 0.6 is 24.0 Å². The minimum absolute atomic E-state index is 0.0997. The largest absolute Gasteiger partial charge is 0.478 e. The average Bonchev–Trinajstić information content (AvgIpc) is 2.46. The number of carbonyl (C=O) groups is 1. The monoisotopic (exact) mass is 228 g/mol. The fourth-order valence-corrected chi connectivity index (χ4v) is 2.32. The molecule has 0 bridgehead atoms. The fraction of sp³-hybridized carbons (Fsp3) is 0. The van der Waals surface area contributed by atoms with Crippen LogP contribution in [-0.4, -0.2) is 11.1 Å². The van der Waals surface area contributed by atoms with Crippen molar-refractivity contribution in [3.05, 3.63) is 28.9 Å². The van der Waals surface area contributed by atoms with Crippen LogP contribution in [0.3, 0.4) is 0 Å². The first-order chi connectivity index (χ1) is 6.59. The smallest absolute Gasteiger partial charge is 0.336 e. The molecular formula is C9H5FO2S2. The summed E-state index contributed by atoms with van der Waals surface area (Å²) in [4.78, 5) is 11.0. The molecule has 2 rings (SSSR count). The second-order valence-corrected chi connectivity index (χ2v) is 4.15. The molecule has 0 spiro atoms. The van der Waals surface area contributed by atoms with Crippen LogP contribution in [0.15, 0.2) is 22.4 Å². The van der Waals surface area contributed by atoms with E-state index in [1.54, 1.807) is 0 Å². The molecule has 0 fully saturated rings. The highest BCUT2D eigenvalue weighted by Gasteiger charge is 2.12. The molecule has 0 saturated carbocycles. The zero-order valence-electron chi connectivity index (χ0n) is 6.82. The van der Waals surface area contributed by atoms with Gasteiger partial charge in [0.2, 0.25) is 0 Å². The first-order valence-electron chi connectivity index (χ1n) is 3.72. The summed E-state index contributed by atoms with van der Waals surface area (Å²) in [5.74, 6) is -1.39. The molecule has 2 aromatic rings. The molecule has 1 aromatic heterocycles. The average molecular weight is 228 g/mol. The summed E-state index contributed by atoms with van der Waals surface area (Å²) in [6.45, 7) is 0. The van der Waals surface area contributed by atoms with Crippen molar-refractivity contribution in [2.45, 2.75) is 4.90 Å². The molecule has 72 valence electrons. The highest BCUT2D eigenvalue weighted by Crippen LogP contribution is 2.29. The molecule has 0 radical (unpaired) electrons. The van der Waals surface area contributed by atoms with Crippen LogP contribution in [0, 0.1) is 5.82 Å². The van der Waals surface area contributed by atoms with E-state index in [0.717, 1.165) is 0 Å². The van der Waals surface area contributed by atoms with Gasteiger partial charge in [-0.15, -0.1) is 24.0 Å². The maximum absolute atomic E-state index is 13.1. The lowest BCUT2D eigenvalue weighted by atomic mass is 10.2. The van der Waals surface area contributed by atoms with Crippen molar-refractivity contribution in [1.82, 2.24) is 0 Å². The Morgan fingerprint density at radius 3 is 2.86 bits per heavy atom. The molecule has 0 atom stereocenters. The molecule has 14 heavy (non-hydrogen) atoms. The summed E-state index contributed by atoms with van der Waals surface area (Å²) in [5.41, 5.74) is 0.0997. The summed E-state index contributed by atoms with van der Waals surface area (Å²) < 4.78 is 13.7. The number of benzene rings is 1. The summed E-state index contributed by atoms with van der Waals surface area (Å²) in [7, 11) is 0. The van der Waals surface area contributed by atoms with Gasteiger partial charge in [0.1, 0.15) is 5.82 Å². The Balaban J connectivity index is 2.79. The van der Waals surface area contributed by atoms with E-state index in [1.807, 2.05) is 0 Å². The van der Waals surface area contributed by atoms with Gasteiger partial charge < -0.3 is 5.11 Å². The minimum Gasteiger partial charge on any atom is -0.478 e. The summed E-state index contributed by atoms with van der Waals surface area (Å²) in [6, 6.07) is 2.88. The van der Waals surface area contributed by atoms with Crippen LogP contribution in [0.25, 0.3) is 10.1 Å². The number of carboxylic acids is 1. The van der Waals surface area contributed by atoms with E-state index < -0.39 is 5.97 Å². The van der Waals surface area contributed by atoms with Crippen molar-refractivity contribution in [2.24, 2.45) is 0 Å². The van der Waals surface area contributed by atoms with Crippen molar-refractivity contribution in [3.8, 4) is 0 Å². The Morgan fingerprint density at radius 2 is 2.21 bits per heavy atom. The summed E-state index contributed by atoms with van der Waals surface area (Å²) in [6.07, 6.45) is 0. The third kappa shape index (κ3) is 1.38. The highest BCUT2D eigenvalue weighted by atomic mass is 32.1. The van der Waals surface area contributed by atoms with E-state index in [4.69, 9.17) is 5.11 Å². The Morgan fingerprint density at radius 1 is 1.50 bits per heavy atom. The molecule has 2 nitrogen and oxygen atoms in total. The van der Waals surface area contributed by atoms with Gasteiger partial charge in [-0.2, -0.15) is 0 Å². The number of fused-ring (bicyclic) bond motifs is 1. The molecule has 0 aliphatic heterocycles. The minimum atomic E-state index is -1.05. The number of carboxylic acid groups (broad SMARTS) is 1. The van der Waals surface area contributed by atoms with Gasteiger partial charge in [0, 0.05) is 20.4 Å². The van der Waals surface area contributed by atoms with E-state index in [-0.39, 0.29) is 16.3 Å². The highest BCUT2D eigenvalue weighted by molar-refractivity contribution is 7.80. The number of thiol groups is 1. The van der Waals surface area contributed by atoms with Gasteiger partial charge in [0.25, 0.3) is 0 Å². The van der Waals surface area contributed by atoms with Crippen LogP contribution in [-0.2, 0) is 0 Å². The van der Waals surface area contributed by atoms with E-state index >= 15 is 0 Å². The van der Waals surface area contributed by atoms with E-state index in [1.165, 1.54) is 28.8 Å². The molecule has 1 N–H and O–H groups in total. The van der Waals surface area contributed by atoms with Crippen LogP contribution in [0.4, 0.5) is 4.39 Å². The van der Waals surface area contributed by atoms with Crippen LogP contribution < -0.4 is 0 Å². The quantitative estimate of drug-likeness (QED) is 0.736. The Kier molecular flexibility index (Phi) is 2.20. The summed E-state index contributed by atoms with van der Waals surface area (Å²) in [5, 5.41) is 10.6. The number of hydrogen-bond donors (Lipinski definition) is 2. The molecule has 0 aliphatic rings. The molecule has 5 heteroatoms. The topological polar surface area (TPSA) is 37.3 Å². The second-order valence-electron chi connectivity index (χ2n) is 2.75. The third-order valence-corrected chi connectivity index (χ3v) is 3.16. The fourth-order valence-electron chi connectivity index (χ4n) is 1.20. The Bertz CT molecular complexity index is 519. The molecule has 0 aliphatic carbocycles. The second kappa shape index (κ2) is 3.25. The molecular weight excluding hydrogens is 223 g/mol. The molecule has 0 saturated heterocycles. The Labute approximate surface area is 88.4 Å². The number of halogens is 1. The lowest BCUT2D eigenvalue weighted by Gasteiger charge is -1.99. The van der Waals surface area contributed by atoms with Crippen LogP contribution in [0.5, 0.6) is 0 Å². The zero-order valence-corrected chi connectivity index (χ0v) is 8.53. The lowest BCUT2D eigenvalue weighted by Crippen LogP contribution is -1.97. The van der Waals surface area contributed by atoms with Crippen molar-refractivity contribution in [2.75, 3.05) is 0 Å². The predicted molar refractivity (Wildman–Crippen MR) is 56.0 cm³/mol. The van der Waals surface area contributed by atoms with Gasteiger partial charge in [-0.05, 0) is 12.1 Å². The lowest BCUT2D eigenvalue weighted by molar-refractivity contribution is 0.0693. The predicted octanol–water partition coefficient (Wildman–Crippen LogP) is 3.03. The van der Waals surface area contributed by atoms with E-state index in [9.17, 15) is 9.18 Å². The van der Waals surface area contributed by atoms with Crippen LogP contribution in [0.1, 0.15) is 10.4 Å². The van der Waals surface area contributed by atoms with Crippen molar-refractivity contribution >= 4 is 40.0 Å². The first kappa shape index (κ1) is 9.48. The normalized spacial score (nSPS) is 10.7. The third-order valence-electron chi connectivity index (χ3n) is 1.87. The summed E-state index contributed by atoms with van der Waals surface area (Å²) >= 11 is 5.17. The molecule has 1 heterocycles. The van der Waals surface area contributed by atoms with Crippen LogP contribution in [0.2, 0.25) is 0 Å². The first-order valence-corrected chi connectivity index (χ1v) is 5.05. The maximum atomic E-state index is 13.1. The number of thiophene rings is 1. The van der Waals surface area contributed by atoms with Gasteiger partial charge in [-0.25, -0.2) is 9.18 Å².